The molecular formula is C19H23F2IN4O. The van der Waals surface area contributed by atoms with Crippen molar-refractivity contribution < 1.29 is 13.6 Å². The van der Waals surface area contributed by atoms with Gasteiger partial charge in [0.15, 0.2) is 5.96 Å². The molecular weight excluding hydrogens is 465 g/mol. The molecule has 0 bridgehead atoms. The van der Waals surface area contributed by atoms with Gasteiger partial charge in [0.05, 0.1) is 0 Å². The number of aliphatic imine (C=N–C) groups is 1. The molecule has 2 aromatic rings. The van der Waals surface area contributed by atoms with Gasteiger partial charge in [-0.1, -0.05) is 18.2 Å². The van der Waals surface area contributed by atoms with Crippen LogP contribution in [0.15, 0.2) is 53.5 Å². The average Bonchev–Trinajstić information content (AvgIpc) is 2.58. The minimum absolute atomic E-state index is 0. The van der Waals surface area contributed by atoms with Crippen LogP contribution in [0.2, 0.25) is 0 Å². The molecule has 5 nitrogen and oxygen atoms in total. The maximum Gasteiger partial charge on any atom is 0.246 e. The van der Waals surface area contributed by atoms with Crippen molar-refractivity contribution in [3.8, 4) is 0 Å². The van der Waals surface area contributed by atoms with Gasteiger partial charge in [0.2, 0.25) is 5.91 Å². The van der Waals surface area contributed by atoms with E-state index in [-0.39, 0.29) is 42.2 Å². The normalized spacial score (nSPS) is 10.7. The van der Waals surface area contributed by atoms with E-state index in [2.05, 4.69) is 15.6 Å². The molecule has 0 heterocycles. The first-order valence-corrected chi connectivity index (χ1v) is 8.27. The van der Waals surface area contributed by atoms with Crippen molar-refractivity contribution in [1.82, 2.24) is 10.2 Å². The van der Waals surface area contributed by atoms with Crippen molar-refractivity contribution in [2.24, 2.45) is 4.99 Å². The summed E-state index contributed by atoms with van der Waals surface area (Å²) >= 11 is 0. The van der Waals surface area contributed by atoms with Gasteiger partial charge in [0.1, 0.15) is 18.2 Å². The number of carbonyl (C=O) groups excluding carboxylic acids is 1. The zero-order valence-electron chi connectivity index (χ0n) is 15.2. The zero-order chi connectivity index (χ0) is 18.9. The maximum absolute atomic E-state index is 13.3. The molecule has 0 spiro atoms. The summed E-state index contributed by atoms with van der Waals surface area (Å²) in [5.74, 6) is -0.557. The number of rotatable bonds is 6. The van der Waals surface area contributed by atoms with Gasteiger partial charge in [0.25, 0.3) is 0 Å². The molecule has 0 atom stereocenters. The third-order valence-electron chi connectivity index (χ3n) is 3.49. The summed E-state index contributed by atoms with van der Waals surface area (Å²) in [6.45, 7) is 2.86. The zero-order valence-corrected chi connectivity index (χ0v) is 17.5. The Morgan fingerprint density at radius 1 is 1.11 bits per heavy atom. The van der Waals surface area contributed by atoms with E-state index in [0.717, 1.165) is 5.56 Å². The molecule has 27 heavy (non-hydrogen) atoms. The predicted octanol–water partition coefficient (Wildman–Crippen LogP) is 3.62. The molecule has 0 unspecified atom stereocenters. The lowest BCUT2D eigenvalue weighted by atomic mass is 10.2. The molecule has 2 N–H and O–H groups in total. The monoisotopic (exact) mass is 488 g/mol. The van der Waals surface area contributed by atoms with Crippen LogP contribution in [-0.2, 0) is 11.3 Å². The summed E-state index contributed by atoms with van der Waals surface area (Å²) in [5.41, 5.74) is 1.17. The van der Waals surface area contributed by atoms with Gasteiger partial charge in [-0.05, 0) is 42.8 Å². The summed E-state index contributed by atoms with van der Waals surface area (Å²) in [5, 5.41) is 5.68. The molecule has 2 rings (SSSR count). The van der Waals surface area contributed by atoms with Crippen molar-refractivity contribution >= 4 is 41.5 Å². The summed E-state index contributed by atoms with van der Waals surface area (Å²) in [6.07, 6.45) is 0. The molecule has 0 aliphatic rings. The van der Waals surface area contributed by atoms with E-state index in [1.54, 1.807) is 24.1 Å². The average molecular weight is 488 g/mol. The molecule has 0 radical (unpaired) electrons. The highest BCUT2D eigenvalue weighted by Crippen LogP contribution is 2.09. The highest BCUT2D eigenvalue weighted by atomic mass is 127. The number of hydrogen-bond acceptors (Lipinski definition) is 2. The van der Waals surface area contributed by atoms with Gasteiger partial charge in [0, 0.05) is 25.8 Å². The quantitative estimate of drug-likeness (QED) is 0.371. The molecule has 2 aromatic carbocycles. The standard InChI is InChI=1S/C19H22F2N4O.HI/c1-3-22-19(25(2)13-14-6-4-7-15(20)10-14)23-12-18(26)24-17-9-5-8-16(21)11-17;/h4-11H,3,12-13H2,1-2H3,(H,22,23)(H,24,26);1H. The van der Waals surface area contributed by atoms with Gasteiger partial charge in [-0.2, -0.15) is 0 Å². The number of hydrogen-bond donors (Lipinski definition) is 2. The second-order valence-electron chi connectivity index (χ2n) is 5.71. The maximum atomic E-state index is 13.3. The van der Waals surface area contributed by atoms with Crippen LogP contribution in [0.4, 0.5) is 14.5 Å². The molecule has 0 fully saturated rings. The summed E-state index contributed by atoms with van der Waals surface area (Å²) in [4.78, 5) is 18.1. The lowest BCUT2D eigenvalue weighted by Crippen LogP contribution is -2.39. The number of nitrogens with zero attached hydrogens (tertiary/aromatic N) is 2. The van der Waals surface area contributed by atoms with Crippen molar-refractivity contribution in [1.29, 1.82) is 0 Å². The Labute approximate surface area is 174 Å². The molecule has 1 amide bonds. The van der Waals surface area contributed by atoms with Crippen molar-refractivity contribution in [2.75, 3.05) is 25.5 Å². The molecule has 0 aliphatic carbocycles. The summed E-state index contributed by atoms with van der Waals surface area (Å²) in [6, 6.07) is 12.0. The van der Waals surface area contributed by atoms with E-state index < -0.39 is 5.82 Å². The number of carbonyl (C=O) groups is 1. The third kappa shape index (κ3) is 7.90. The number of halogens is 3. The molecule has 0 aliphatic heterocycles. The lowest BCUT2D eigenvalue weighted by molar-refractivity contribution is -0.114. The Morgan fingerprint density at radius 3 is 2.41 bits per heavy atom. The molecule has 146 valence electrons. The van der Waals surface area contributed by atoms with E-state index in [9.17, 15) is 13.6 Å². The smallest absolute Gasteiger partial charge is 0.246 e. The SMILES string of the molecule is CCNC(=NCC(=O)Nc1cccc(F)c1)N(C)Cc1cccc(F)c1.I. The van der Waals surface area contributed by atoms with Crippen LogP contribution in [0.5, 0.6) is 0 Å². The molecule has 0 aromatic heterocycles. The first kappa shape index (κ1) is 22.8. The Balaban J connectivity index is 0.00000364. The van der Waals surface area contributed by atoms with Gasteiger partial charge in [-0.25, -0.2) is 13.8 Å². The van der Waals surface area contributed by atoms with Gasteiger partial charge < -0.3 is 15.5 Å². The van der Waals surface area contributed by atoms with Gasteiger partial charge in [-0.15, -0.1) is 24.0 Å². The third-order valence-corrected chi connectivity index (χ3v) is 3.49. The fraction of sp³-hybridized carbons (Fsp3) is 0.263. The molecule has 8 heteroatoms. The van der Waals surface area contributed by atoms with Crippen molar-refractivity contribution in [3.63, 3.8) is 0 Å². The Morgan fingerprint density at radius 2 is 1.78 bits per heavy atom. The van der Waals surface area contributed by atoms with Crippen LogP contribution in [0.1, 0.15) is 12.5 Å². The fourth-order valence-corrected chi connectivity index (χ4v) is 2.37. The first-order valence-electron chi connectivity index (χ1n) is 8.27. The van der Waals surface area contributed by atoms with Crippen LogP contribution < -0.4 is 10.6 Å². The van der Waals surface area contributed by atoms with E-state index in [0.29, 0.717) is 24.7 Å². The Bertz CT molecular complexity index is 786. The lowest BCUT2D eigenvalue weighted by Gasteiger charge is -2.22. The van der Waals surface area contributed by atoms with E-state index in [1.165, 1.54) is 30.3 Å². The largest absolute Gasteiger partial charge is 0.357 e. The first-order chi connectivity index (χ1) is 12.5. The number of nitrogens with one attached hydrogen (secondary N) is 2. The number of anilines is 1. The van der Waals surface area contributed by atoms with E-state index in [1.807, 2.05) is 13.0 Å². The minimum atomic E-state index is -0.422. The fourth-order valence-electron chi connectivity index (χ4n) is 2.37. The topological polar surface area (TPSA) is 56.7 Å². The summed E-state index contributed by atoms with van der Waals surface area (Å²) in [7, 11) is 1.80. The van der Waals surface area contributed by atoms with E-state index in [4.69, 9.17) is 0 Å². The van der Waals surface area contributed by atoms with E-state index >= 15 is 0 Å². The minimum Gasteiger partial charge on any atom is -0.357 e. The number of amides is 1. The van der Waals surface area contributed by atoms with Crippen molar-refractivity contribution in [2.45, 2.75) is 13.5 Å². The highest BCUT2D eigenvalue weighted by Gasteiger charge is 2.09. The van der Waals surface area contributed by atoms with Crippen LogP contribution in [0, 0.1) is 11.6 Å². The number of guanidine groups is 1. The van der Waals surface area contributed by atoms with Crippen LogP contribution >= 0.6 is 24.0 Å². The van der Waals surface area contributed by atoms with Crippen LogP contribution in [0.25, 0.3) is 0 Å². The second-order valence-corrected chi connectivity index (χ2v) is 5.71. The van der Waals surface area contributed by atoms with Crippen LogP contribution in [0.3, 0.4) is 0 Å². The van der Waals surface area contributed by atoms with Gasteiger partial charge >= 0.3 is 0 Å². The number of benzene rings is 2. The van der Waals surface area contributed by atoms with Gasteiger partial charge in [-0.3, -0.25) is 4.79 Å². The second kappa shape index (κ2) is 11.5. The highest BCUT2D eigenvalue weighted by molar-refractivity contribution is 14.0. The van der Waals surface area contributed by atoms with Crippen molar-refractivity contribution in [3.05, 3.63) is 65.7 Å². The molecule has 0 saturated heterocycles. The predicted molar refractivity (Wildman–Crippen MR) is 114 cm³/mol. The Hall–Kier alpha value is -2.23. The van der Waals surface area contributed by atoms with Crippen LogP contribution in [-0.4, -0.2) is 36.9 Å². The summed E-state index contributed by atoms with van der Waals surface area (Å²) < 4.78 is 26.5. The molecule has 0 saturated carbocycles. The Kier molecular flexibility index (Phi) is 9.70.